The zero-order valence-corrected chi connectivity index (χ0v) is 17.2. The summed E-state index contributed by atoms with van der Waals surface area (Å²) in [5, 5.41) is 29.4. The van der Waals surface area contributed by atoms with E-state index in [9.17, 15) is 10.2 Å². The first kappa shape index (κ1) is 23.8. The van der Waals surface area contributed by atoms with Crippen LogP contribution in [-0.4, -0.2) is 71.1 Å². The first-order valence-corrected chi connectivity index (χ1v) is 9.87. The van der Waals surface area contributed by atoms with Gasteiger partial charge in [0.15, 0.2) is 11.5 Å². The second-order valence-electron chi connectivity index (χ2n) is 7.07. The van der Waals surface area contributed by atoms with Crippen LogP contribution in [0.3, 0.4) is 0 Å². The van der Waals surface area contributed by atoms with Crippen LogP contribution in [0.1, 0.15) is 44.6 Å². The lowest BCUT2D eigenvalue weighted by atomic mass is 10.1. The molecule has 0 amide bonds. The third kappa shape index (κ3) is 8.13. The van der Waals surface area contributed by atoms with Gasteiger partial charge in [0.1, 0.15) is 0 Å². The lowest BCUT2D eigenvalue weighted by molar-refractivity contribution is 0.108. The van der Waals surface area contributed by atoms with Crippen molar-refractivity contribution in [1.82, 2.24) is 9.80 Å². The molecular formula is C20H35ClN2O4. The van der Waals surface area contributed by atoms with Gasteiger partial charge in [-0.1, -0.05) is 32.6 Å². The molecule has 1 aliphatic rings. The summed E-state index contributed by atoms with van der Waals surface area (Å²) in [5.41, 5.74) is 0.880. The number of β-amino-alcohol motifs (C(OH)–C–C–N with tert-alkyl or cyclic N) is 1. The van der Waals surface area contributed by atoms with Crippen molar-refractivity contribution in [1.29, 1.82) is 0 Å². The van der Waals surface area contributed by atoms with Crippen LogP contribution in [0.25, 0.3) is 0 Å². The van der Waals surface area contributed by atoms with Crippen molar-refractivity contribution in [3.05, 3.63) is 17.7 Å². The van der Waals surface area contributed by atoms with E-state index >= 15 is 0 Å². The van der Waals surface area contributed by atoms with Crippen LogP contribution in [0.4, 0.5) is 0 Å². The Kier molecular flexibility index (Phi) is 11.5. The van der Waals surface area contributed by atoms with Crippen LogP contribution in [-0.2, 0) is 6.54 Å². The Hall–Kier alpha value is -1.21. The average molecular weight is 403 g/mol. The first-order chi connectivity index (χ1) is 12.6. The van der Waals surface area contributed by atoms with Crippen LogP contribution in [0.5, 0.6) is 17.2 Å². The molecule has 0 unspecified atom stereocenters. The van der Waals surface area contributed by atoms with Crippen molar-refractivity contribution in [2.45, 2.75) is 45.6 Å². The van der Waals surface area contributed by atoms with Crippen molar-refractivity contribution in [2.75, 3.05) is 45.9 Å². The summed E-state index contributed by atoms with van der Waals surface area (Å²) < 4.78 is 5.59. The molecule has 0 bridgehead atoms. The van der Waals surface area contributed by atoms with Crippen molar-refractivity contribution >= 4 is 12.4 Å². The van der Waals surface area contributed by atoms with E-state index in [1.165, 1.54) is 19.3 Å². The molecule has 1 heterocycles. The highest BCUT2D eigenvalue weighted by molar-refractivity contribution is 5.85. The fourth-order valence-corrected chi connectivity index (χ4v) is 3.34. The van der Waals surface area contributed by atoms with Crippen LogP contribution in [0.15, 0.2) is 12.1 Å². The summed E-state index contributed by atoms with van der Waals surface area (Å²) in [6.07, 6.45) is 5.68. The SMILES string of the molecule is CCCCCCCOc1c(O)cc(CN2CCN(CCO)CC2)cc1O.Cl. The minimum atomic E-state index is 0. The maximum absolute atomic E-state index is 10.2. The molecule has 0 saturated carbocycles. The monoisotopic (exact) mass is 402 g/mol. The molecule has 1 saturated heterocycles. The molecule has 6 nitrogen and oxygen atoms in total. The molecule has 0 spiro atoms. The Bertz CT molecular complexity index is 514. The van der Waals surface area contributed by atoms with Gasteiger partial charge in [-0.25, -0.2) is 0 Å². The van der Waals surface area contributed by atoms with Crippen molar-refractivity contribution < 1.29 is 20.1 Å². The van der Waals surface area contributed by atoms with Gasteiger partial charge in [-0.3, -0.25) is 9.80 Å². The van der Waals surface area contributed by atoms with Gasteiger partial charge in [0.25, 0.3) is 0 Å². The first-order valence-electron chi connectivity index (χ1n) is 9.87. The predicted octanol–water partition coefficient (Wildman–Crippen LogP) is 2.98. The number of hydrogen-bond acceptors (Lipinski definition) is 6. The molecule has 1 aromatic rings. The topological polar surface area (TPSA) is 76.4 Å². The summed E-state index contributed by atoms with van der Waals surface area (Å²) in [5.74, 6) is 0.206. The Morgan fingerprint density at radius 3 is 2.11 bits per heavy atom. The highest BCUT2D eigenvalue weighted by atomic mass is 35.5. The number of halogens is 1. The van der Waals surface area contributed by atoms with Gasteiger partial charge in [0.2, 0.25) is 5.75 Å². The maximum atomic E-state index is 10.2. The van der Waals surface area contributed by atoms with Crippen LogP contribution >= 0.6 is 12.4 Å². The zero-order chi connectivity index (χ0) is 18.8. The molecule has 0 aliphatic carbocycles. The molecule has 1 aromatic carbocycles. The van der Waals surface area contributed by atoms with Gasteiger partial charge >= 0.3 is 0 Å². The molecule has 156 valence electrons. The number of aliphatic hydroxyl groups is 1. The Balaban J connectivity index is 0.00000364. The van der Waals surface area contributed by atoms with Crippen molar-refractivity contribution in [2.24, 2.45) is 0 Å². The van der Waals surface area contributed by atoms with Crippen molar-refractivity contribution in [3.63, 3.8) is 0 Å². The molecule has 0 radical (unpaired) electrons. The van der Waals surface area contributed by atoms with Gasteiger partial charge in [0, 0.05) is 39.3 Å². The predicted molar refractivity (Wildman–Crippen MR) is 110 cm³/mol. The number of nitrogens with zero attached hydrogens (tertiary/aromatic N) is 2. The molecule has 1 aliphatic heterocycles. The molecule has 27 heavy (non-hydrogen) atoms. The van der Waals surface area contributed by atoms with E-state index in [-0.39, 0.29) is 36.3 Å². The standard InChI is InChI=1S/C20H34N2O4.ClH/c1-2-3-4-5-6-13-26-20-18(24)14-17(15-19(20)25)16-22-9-7-21(8-10-22)11-12-23;/h14-15,23-25H,2-13,16H2,1H3;1H. The molecule has 3 N–H and O–H groups in total. The minimum absolute atomic E-state index is 0. The number of benzene rings is 1. The van der Waals surface area contributed by atoms with E-state index < -0.39 is 0 Å². The number of unbranched alkanes of at least 4 members (excludes halogenated alkanes) is 4. The number of ether oxygens (including phenoxy) is 1. The van der Waals surface area contributed by atoms with Gasteiger partial charge in [0.05, 0.1) is 13.2 Å². The van der Waals surface area contributed by atoms with Crippen LogP contribution in [0.2, 0.25) is 0 Å². The van der Waals surface area contributed by atoms with E-state index in [0.29, 0.717) is 13.2 Å². The fourth-order valence-electron chi connectivity index (χ4n) is 3.34. The average Bonchev–Trinajstić information content (AvgIpc) is 2.62. The highest BCUT2D eigenvalue weighted by Gasteiger charge is 2.18. The number of aromatic hydroxyl groups is 2. The van der Waals surface area contributed by atoms with E-state index in [4.69, 9.17) is 9.84 Å². The maximum Gasteiger partial charge on any atom is 0.203 e. The molecule has 2 rings (SSSR count). The molecule has 7 heteroatoms. The molecule has 1 fully saturated rings. The number of phenols is 2. The minimum Gasteiger partial charge on any atom is -0.504 e. The quantitative estimate of drug-likeness (QED) is 0.494. The normalized spacial score (nSPS) is 15.5. The zero-order valence-electron chi connectivity index (χ0n) is 16.4. The van der Waals surface area contributed by atoms with Crippen LogP contribution < -0.4 is 4.74 Å². The number of hydrogen-bond donors (Lipinski definition) is 3. The third-order valence-electron chi connectivity index (χ3n) is 4.89. The van der Waals surface area contributed by atoms with E-state index in [2.05, 4.69) is 16.7 Å². The second kappa shape index (κ2) is 13.0. The number of aliphatic hydroxyl groups excluding tert-OH is 1. The van der Waals surface area contributed by atoms with E-state index in [0.717, 1.165) is 51.1 Å². The van der Waals surface area contributed by atoms with E-state index in [1.54, 1.807) is 12.1 Å². The highest BCUT2D eigenvalue weighted by Crippen LogP contribution is 2.37. The van der Waals surface area contributed by atoms with Gasteiger partial charge in [-0.2, -0.15) is 0 Å². The summed E-state index contributed by atoms with van der Waals surface area (Å²) in [6.45, 7) is 7.98. The van der Waals surface area contributed by atoms with Crippen LogP contribution in [0, 0.1) is 0 Å². The fraction of sp³-hybridized carbons (Fsp3) is 0.700. The molecule has 0 aromatic heterocycles. The van der Waals surface area contributed by atoms with E-state index in [1.807, 2.05) is 0 Å². The lowest BCUT2D eigenvalue weighted by Gasteiger charge is -2.34. The molecule has 0 atom stereocenters. The number of piperazine rings is 1. The molecular weight excluding hydrogens is 368 g/mol. The number of phenolic OH excluding ortho intramolecular Hbond substituents is 2. The summed E-state index contributed by atoms with van der Waals surface area (Å²) in [6, 6.07) is 3.37. The van der Waals surface area contributed by atoms with Gasteiger partial charge in [-0.15, -0.1) is 12.4 Å². The van der Waals surface area contributed by atoms with Gasteiger partial charge < -0.3 is 20.1 Å². The Morgan fingerprint density at radius 2 is 1.52 bits per heavy atom. The summed E-state index contributed by atoms with van der Waals surface area (Å²) in [4.78, 5) is 4.53. The Morgan fingerprint density at radius 1 is 0.926 bits per heavy atom. The largest absolute Gasteiger partial charge is 0.504 e. The smallest absolute Gasteiger partial charge is 0.203 e. The third-order valence-corrected chi connectivity index (χ3v) is 4.89. The summed E-state index contributed by atoms with van der Waals surface area (Å²) in [7, 11) is 0. The summed E-state index contributed by atoms with van der Waals surface area (Å²) >= 11 is 0. The second-order valence-corrected chi connectivity index (χ2v) is 7.07. The number of rotatable bonds is 11. The Labute approximate surface area is 169 Å². The van der Waals surface area contributed by atoms with Gasteiger partial charge in [-0.05, 0) is 24.1 Å². The van der Waals surface area contributed by atoms with Crippen molar-refractivity contribution in [3.8, 4) is 17.2 Å². The lowest BCUT2D eigenvalue weighted by Crippen LogP contribution is -2.46.